The number of ether oxygens (including phenoxy) is 1. The molecule has 3 heterocycles. The lowest BCUT2D eigenvalue weighted by molar-refractivity contribution is 0.121. The Morgan fingerprint density at radius 3 is 2.58 bits per heavy atom. The van der Waals surface area contributed by atoms with E-state index in [9.17, 15) is 0 Å². The number of morpholine rings is 1. The van der Waals surface area contributed by atoms with Gasteiger partial charge in [0.05, 0.1) is 19.0 Å². The highest BCUT2D eigenvalue weighted by Gasteiger charge is 2.19. The Morgan fingerprint density at radius 1 is 1.04 bits per heavy atom. The molecule has 0 N–H and O–H groups in total. The minimum Gasteiger partial charge on any atom is -0.420 e. The van der Waals surface area contributed by atoms with Crippen molar-refractivity contribution in [2.45, 2.75) is 17.8 Å². The quantitative estimate of drug-likeness (QED) is 0.631. The molecule has 26 heavy (non-hydrogen) atoms. The molecule has 0 radical (unpaired) electrons. The number of aryl methyl sites for hydroxylation is 1. The summed E-state index contributed by atoms with van der Waals surface area (Å²) < 4.78 is 13.1. The standard InChI is InChI=1S/C17H20N6O2S/c1-12-3-5-13(6-4-12)15-19-18-14(25-15)11-26-17-21-20-16(22(17)2)23-7-9-24-10-8-23/h3-6H,7-11H2,1-2H3. The summed E-state index contributed by atoms with van der Waals surface area (Å²) >= 11 is 1.53. The van der Waals surface area contributed by atoms with Crippen LogP contribution in [0.3, 0.4) is 0 Å². The largest absolute Gasteiger partial charge is 0.420 e. The van der Waals surface area contributed by atoms with Crippen LogP contribution in [0.4, 0.5) is 5.95 Å². The number of anilines is 1. The Bertz CT molecular complexity index is 870. The normalized spacial score (nSPS) is 14.8. The van der Waals surface area contributed by atoms with Crippen LogP contribution in [0.2, 0.25) is 0 Å². The van der Waals surface area contributed by atoms with E-state index in [4.69, 9.17) is 9.15 Å². The number of nitrogens with zero attached hydrogens (tertiary/aromatic N) is 6. The summed E-state index contributed by atoms with van der Waals surface area (Å²) in [5, 5.41) is 17.7. The lowest BCUT2D eigenvalue weighted by atomic mass is 10.1. The lowest BCUT2D eigenvalue weighted by Crippen LogP contribution is -2.37. The van der Waals surface area contributed by atoms with E-state index in [1.807, 2.05) is 42.8 Å². The second-order valence-electron chi connectivity index (χ2n) is 6.10. The zero-order valence-corrected chi connectivity index (χ0v) is 15.6. The van der Waals surface area contributed by atoms with Crippen molar-refractivity contribution in [2.75, 3.05) is 31.2 Å². The van der Waals surface area contributed by atoms with Crippen molar-refractivity contribution in [1.29, 1.82) is 0 Å². The Kier molecular flexibility index (Phi) is 4.89. The van der Waals surface area contributed by atoms with Crippen molar-refractivity contribution in [3.8, 4) is 11.5 Å². The minimum atomic E-state index is 0.535. The molecule has 0 bridgehead atoms. The Hall–Kier alpha value is -2.39. The van der Waals surface area contributed by atoms with Gasteiger partial charge in [-0.05, 0) is 19.1 Å². The number of thioether (sulfide) groups is 1. The van der Waals surface area contributed by atoms with Gasteiger partial charge in [0.2, 0.25) is 17.7 Å². The molecule has 1 aromatic carbocycles. The fourth-order valence-corrected chi connectivity index (χ4v) is 3.47. The molecule has 0 aliphatic carbocycles. The van der Waals surface area contributed by atoms with Crippen LogP contribution in [-0.2, 0) is 17.5 Å². The van der Waals surface area contributed by atoms with Crippen molar-refractivity contribution in [2.24, 2.45) is 7.05 Å². The van der Waals surface area contributed by atoms with Gasteiger partial charge in [-0.25, -0.2) is 0 Å². The van der Waals surface area contributed by atoms with E-state index in [-0.39, 0.29) is 0 Å². The van der Waals surface area contributed by atoms with E-state index in [2.05, 4.69) is 25.3 Å². The van der Waals surface area contributed by atoms with Crippen LogP contribution in [0.1, 0.15) is 11.5 Å². The number of hydrogen-bond donors (Lipinski definition) is 0. The van der Waals surface area contributed by atoms with Crippen molar-refractivity contribution >= 4 is 17.7 Å². The van der Waals surface area contributed by atoms with E-state index in [1.165, 1.54) is 17.3 Å². The number of hydrogen-bond acceptors (Lipinski definition) is 8. The fraction of sp³-hybridized carbons (Fsp3) is 0.412. The van der Waals surface area contributed by atoms with Crippen LogP contribution in [0.15, 0.2) is 33.8 Å². The zero-order chi connectivity index (χ0) is 17.9. The van der Waals surface area contributed by atoms with Gasteiger partial charge in [-0.3, -0.25) is 4.57 Å². The summed E-state index contributed by atoms with van der Waals surface area (Å²) in [7, 11) is 1.97. The van der Waals surface area contributed by atoms with Crippen LogP contribution in [-0.4, -0.2) is 51.3 Å². The molecule has 0 amide bonds. The second-order valence-corrected chi connectivity index (χ2v) is 7.04. The first-order valence-corrected chi connectivity index (χ1v) is 9.43. The topological polar surface area (TPSA) is 82.1 Å². The third kappa shape index (κ3) is 3.58. The van der Waals surface area contributed by atoms with Crippen LogP contribution >= 0.6 is 11.8 Å². The molecule has 0 atom stereocenters. The average molecular weight is 372 g/mol. The first kappa shape index (κ1) is 17.0. The smallest absolute Gasteiger partial charge is 0.247 e. The first-order valence-electron chi connectivity index (χ1n) is 8.45. The molecule has 1 aliphatic rings. The highest BCUT2D eigenvalue weighted by Crippen LogP contribution is 2.25. The van der Waals surface area contributed by atoms with Crippen molar-refractivity contribution < 1.29 is 9.15 Å². The predicted molar refractivity (Wildman–Crippen MR) is 98.1 cm³/mol. The molecule has 0 spiro atoms. The molecule has 0 saturated carbocycles. The third-order valence-corrected chi connectivity index (χ3v) is 5.20. The molecule has 1 fully saturated rings. The first-order chi connectivity index (χ1) is 12.7. The maximum atomic E-state index is 5.77. The number of aromatic nitrogens is 5. The Morgan fingerprint density at radius 2 is 1.81 bits per heavy atom. The second kappa shape index (κ2) is 7.46. The van der Waals surface area contributed by atoms with E-state index >= 15 is 0 Å². The van der Waals surface area contributed by atoms with E-state index in [0.717, 1.165) is 43.0 Å². The molecule has 2 aromatic heterocycles. The van der Waals surface area contributed by atoms with Crippen molar-refractivity contribution in [1.82, 2.24) is 25.0 Å². The van der Waals surface area contributed by atoms with E-state index in [0.29, 0.717) is 17.5 Å². The molecule has 3 aromatic rings. The minimum absolute atomic E-state index is 0.535. The van der Waals surface area contributed by atoms with Gasteiger partial charge in [-0.1, -0.05) is 29.5 Å². The van der Waals surface area contributed by atoms with Crippen LogP contribution < -0.4 is 4.90 Å². The summed E-state index contributed by atoms with van der Waals surface area (Å²) in [4.78, 5) is 2.18. The lowest BCUT2D eigenvalue weighted by Gasteiger charge is -2.27. The van der Waals surface area contributed by atoms with E-state index in [1.54, 1.807) is 0 Å². The van der Waals surface area contributed by atoms with Crippen LogP contribution in [0.5, 0.6) is 0 Å². The highest BCUT2D eigenvalue weighted by atomic mass is 32.2. The Labute approximate surface area is 155 Å². The zero-order valence-electron chi connectivity index (χ0n) is 14.8. The Balaban J connectivity index is 1.41. The molecule has 1 saturated heterocycles. The van der Waals surface area contributed by atoms with Gasteiger partial charge in [0.1, 0.15) is 0 Å². The van der Waals surface area contributed by atoms with Crippen molar-refractivity contribution in [3.05, 3.63) is 35.7 Å². The van der Waals surface area contributed by atoms with Gasteiger partial charge in [-0.2, -0.15) is 0 Å². The van der Waals surface area contributed by atoms with Crippen LogP contribution in [0, 0.1) is 6.92 Å². The SMILES string of the molecule is Cc1ccc(-c2nnc(CSc3nnc(N4CCOCC4)n3C)o2)cc1. The third-order valence-electron chi connectivity index (χ3n) is 4.20. The maximum Gasteiger partial charge on any atom is 0.247 e. The van der Waals surface area contributed by atoms with Crippen LogP contribution in [0.25, 0.3) is 11.5 Å². The maximum absolute atomic E-state index is 5.77. The molecular formula is C17H20N6O2S. The monoisotopic (exact) mass is 372 g/mol. The summed E-state index contributed by atoms with van der Waals surface area (Å²) in [5.74, 6) is 2.52. The summed E-state index contributed by atoms with van der Waals surface area (Å²) in [5.41, 5.74) is 2.12. The number of benzene rings is 1. The number of rotatable bonds is 5. The summed E-state index contributed by atoms with van der Waals surface area (Å²) in [6.07, 6.45) is 0. The molecule has 0 unspecified atom stereocenters. The van der Waals surface area contributed by atoms with Gasteiger partial charge < -0.3 is 14.1 Å². The molecule has 9 heteroatoms. The predicted octanol–water partition coefficient (Wildman–Crippen LogP) is 2.30. The highest BCUT2D eigenvalue weighted by molar-refractivity contribution is 7.98. The summed E-state index contributed by atoms with van der Waals surface area (Å²) in [6, 6.07) is 8.02. The van der Waals surface area contributed by atoms with E-state index < -0.39 is 0 Å². The summed E-state index contributed by atoms with van der Waals surface area (Å²) in [6.45, 7) is 5.16. The molecule has 4 rings (SSSR count). The molecule has 8 nitrogen and oxygen atoms in total. The van der Waals surface area contributed by atoms with Gasteiger partial charge >= 0.3 is 0 Å². The molecule has 1 aliphatic heterocycles. The van der Waals surface area contributed by atoms with Gasteiger partial charge in [0.25, 0.3) is 0 Å². The van der Waals surface area contributed by atoms with Gasteiger partial charge in [0, 0.05) is 25.7 Å². The fourth-order valence-electron chi connectivity index (χ4n) is 2.72. The molecular weight excluding hydrogens is 352 g/mol. The molecule has 136 valence electrons. The average Bonchev–Trinajstić information content (AvgIpc) is 3.28. The van der Waals surface area contributed by atoms with Gasteiger partial charge in [-0.15, -0.1) is 20.4 Å². The van der Waals surface area contributed by atoms with Gasteiger partial charge in [0.15, 0.2) is 5.16 Å². The van der Waals surface area contributed by atoms with Crippen molar-refractivity contribution in [3.63, 3.8) is 0 Å².